The number of nitrogens with one attached hydrogen (secondary N) is 1. The molecule has 0 unspecified atom stereocenters. The highest BCUT2D eigenvalue weighted by molar-refractivity contribution is 8.01. The van der Waals surface area contributed by atoms with E-state index in [9.17, 15) is 9.18 Å². The maximum Gasteiger partial charge on any atom is 0.238 e. The summed E-state index contributed by atoms with van der Waals surface area (Å²) in [6, 6.07) is 13.9. The molecule has 144 valence electrons. The Morgan fingerprint density at radius 1 is 1.18 bits per heavy atom. The predicted molar refractivity (Wildman–Crippen MR) is 109 cm³/mol. The first-order chi connectivity index (χ1) is 13.5. The van der Waals surface area contributed by atoms with Gasteiger partial charge >= 0.3 is 0 Å². The van der Waals surface area contributed by atoms with Gasteiger partial charge in [-0.25, -0.2) is 9.07 Å². The number of nitrogens with zero attached hydrogens (tertiary/aromatic N) is 2. The number of methoxy groups -OCH3 is 1. The number of para-hydroxylation sites is 1. The van der Waals surface area contributed by atoms with Gasteiger partial charge in [-0.05, 0) is 44.2 Å². The number of benzene rings is 2. The molecule has 0 aliphatic carbocycles. The molecule has 2 heterocycles. The van der Waals surface area contributed by atoms with Gasteiger partial charge in [-0.1, -0.05) is 18.2 Å². The molecule has 2 atom stereocenters. The van der Waals surface area contributed by atoms with Gasteiger partial charge in [0.05, 0.1) is 29.0 Å². The molecule has 2 aromatic carbocycles. The second-order valence-electron chi connectivity index (χ2n) is 6.63. The van der Waals surface area contributed by atoms with E-state index in [0.29, 0.717) is 11.5 Å². The molecule has 1 aromatic heterocycles. The zero-order valence-corrected chi connectivity index (χ0v) is 16.6. The van der Waals surface area contributed by atoms with Gasteiger partial charge in [-0.15, -0.1) is 11.8 Å². The Morgan fingerprint density at radius 2 is 1.89 bits per heavy atom. The van der Waals surface area contributed by atoms with Gasteiger partial charge in [0.15, 0.2) is 0 Å². The Labute approximate surface area is 166 Å². The second kappa shape index (κ2) is 7.31. The van der Waals surface area contributed by atoms with E-state index in [4.69, 9.17) is 4.74 Å². The van der Waals surface area contributed by atoms with Crippen molar-refractivity contribution in [2.24, 2.45) is 0 Å². The van der Waals surface area contributed by atoms with Crippen LogP contribution in [0, 0.1) is 12.7 Å². The number of amides is 1. The number of carbonyl (C=O) groups excluding carboxylic acids is 1. The number of thioether (sulfide) groups is 1. The van der Waals surface area contributed by atoms with Gasteiger partial charge in [-0.2, -0.15) is 5.10 Å². The van der Waals surface area contributed by atoms with E-state index in [1.807, 2.05) is 38.1 Å². The largest absolute Gasteiger partial charge is 0.496 e. The number of anilines is 1. The lowest BCUT2D eigenvalue weighted by Gasteiger charge is -2.19. The molecular formula is C21H20FN3O2S. The third-order valence-corrected chi connectivity index (χ3v) is 6.20. The number of hydrogen-bond donors (Lipinski definition) is 1. The lowest BCUT2D eigenvalue weighted by Crippen LogP contribution is -2.22. The summed E-state index contributed by atoms with van der Waals surface area (Å²) in [7, 11) is 1.64. The molecule has 4 rings (SSSR count). The van der Waals surface area contributed by atoms with E-state index in [2.05, 4.69) is 10.4 Å². The molecule has 7 heteroatoms. The average molecular weight is 397 g/mol. The Hall–Kier alpha value is -2.80. The number of rotatable bonds is 3. The van der Waals surface area contributed by atoms with Crippen LogP contribution in [-0.4, -0.2) is 28.0 Å². The first kappa shape index (κ1) is 18.6. The highest BCUT2D eigenvalue weighted by atomic mass is 32.2. The van der Waals surface area contributed by atoms with Crippen LogP contribution in [0.1, 0.15) is 29.0 Å². The molecule has 0 saturated carbocycles. The summed E-state index contributed by atoms with van der Waals surface area (Å²) < 4.78 is 20.6. The highest BCUT2D eigenvalue weighted by Crippen LogP contribution is 2.48. The Balaban J connectivity index is 1.93. The van der Waals surface area contributed by atoms with Crippen molar-refractivity contribution >= 4 is 23.5 Å². The summed E-state index contributed by atoms with van der Waals surface area (Å²) in [6.45, 7) is 3.81. The number of ether oxygens (including phenoxy) is 1. The van der Waals surface area contributed by atoms with Crippen LogP contribution in [0.2, 0.25) is 0 Å². The predicted octanol–water partition coefficient (Wildman–Crippen LogP) is 4.49. The van der Waals surface area contributed by atoms with Crippen molar-refractivity contribution in [1.29, 1.82) is 0 Å². The average Bonchev–Trinajstić information content (AvgIpc) is 2.94. The molecule has 0 saturated heterocycles. The second-order valence-corrected chi connectivity index (χ2v) is 8.08. The molecule has 1 aliphatic rings. The molecule has 0 spiro atoms. The molecular weight excluding hydrogens is 377 g/mol. The lowest BCUT2D eigenvalue weighted by atomic mass is 10.0. The summed E-state index contributed by atoms with van der Waals surface area (Å²) >= 11 is 1.56. The number of hydrogen-bond acceptors (Lipinski definition) is 4. The SMILES string of the molecule is COc1ccccc1[C@@H]1S[C@@H](C)C(=O)Nc2c1c(C)nn2-c1ccc(F)cc1. The molecule has 5 nitrogen and oxygen atoms in total. The Bertz CT molecular complexity index is 1030. The zero-order chi connectivity index (χ0) is 19.8. The lowest BCUT2D eigenvalue weighted by molar-refractivity contribution is -0.115. The van der Waals surface area contributed by atoms with Crippen LogP contribution in [0.15, 0.2) is 48.5 Å². The van der Waals surface area contributed by atoms with Gasteiger partial charge in [0.1, 0.15) is 17.4 Å². The number of fused-ring (bicyclic) bond motifs is 1. The summed E-state index contributed by atoms with van der Waals surface area (Å²) in [6.07, 6.45) is 0. The fourth-order valence-electron chi connectivity index (χ4n) is 3.41. The first-order valence-corrected chi connectivity index (χ1v) is 9.88. The minimum absolute atomic E-state index is 0.0908. The molecule has 0 radical (unpaired) electrons. The van der Waals surface area contributed by atoms with Gasteiger partial charge in [-0.3, -0.25) is 4.79 Å². The van der Waals surface area contributed by atoms with Crippen molar-refractivity contribution in [3.05, 3.63) is 71.2 Å². The monoisotopic (exact) mass is 397 g/mol. The van der Waals surface area contributed by atoms with Gasteiger partial charge < -0.3 is 10.1 Å². The van der Waals surface area contributed by atoms with Crippen LogP contribution in [0.25, 0.3) is 5.69 Å². The van der Waals surface area contributed by atoms with E-state index in [-0.39, 0.29) is 22.2 Å². The van der Waals surface area contributed by atoms with Gasteiger partial charge in [0, 0.05) is 11.1 Å². The van der Waals surface area contributed by atoms with Crippen LogP contribution in [0.4, 0.5) is 10.2 Å². The van der Waals surface area contributed by atoms with Crippen LogP contribution < -0.4 is 10.1 Å². The van der Waals surface area contributed by atoms with Gasteiger partial charge in [0.25, 0.3) is 0 Å². The third kappa shape index (κ3) is 3.16. The van der Waals surface area contributed by atoms with Crippen LogP contribution in [0.3, 0.4) is 0 Å². The van der Waals surface area contributed by atoms with E-state index in [1.54, 1.807) is 35.7 Å². The fourth-order valence-corrected chi connectivity index (χ4v) is 4.76. The molecule has 1 N–H and O–H groups in total. The summed E-state index contributed by atoms with van der Waals surface area (Å²) in [5.74, 6) is 0.967. The maximum absolute atomic E-state index is 13.4. The molecule has 28 heavy (non-hydrogen) atoms. The van der Waals surface area contributed by atoms with Gasteiger partial charge in [0.2, 0.25) is 5.91 Å². The van der Waals surface area contributed by atoms with Crippen molar-refractivity contribution in [2.75, 3.05) is 12.4 Å². The summed E-state index contributed by atoms with van der Waals surface area (Å²) in [5, 5.41) is 7.28. The molecule has 3 aromatic rings. The molecule has 1 aliphatic heterocycles. The van der Waals surface area contributed by atoms with Crippen molar-refractivity contribution in [3.8, 4) is 11.4 Å². The quantitative estimate of drug-likeness (QED) is 0.707. The van der Waals surface area contributed by atoms with Crippen molar-refractivity contribution in [2.45, 2.75) is 24.3 Å². The van der Waals surface area contributed by atoms with Crippen LogP contribution >= 0.6 is 11.8 Å². The standard InChI is InChI=1S/C21H20FN3O2S/c1-12-18-19(16-6-4-5-7-17(16)27-3)28-13(2)21(26)23-20(18)25(24-12)15-10-8-14(22)9-11-15/h4-11,13,19H,1-3H3,(H,23,26)/t13-,19-/m0/s1. The number of carbonyl (C=O) groups is 1. The fraction of sp³-hybridized carbons (Fsp3) is 0.238. The van der Waals surface area contributed by atoms with E-state index >= 15 is 0 Å². The number of aryl methyl sites for hydroxylation is 1. The van der Waals surface area contributed by atoms with Crippen LogP contribution in [-0.2, 0) is 4.79 Å². The van der Waals surface area contributed by atoms with E-state index in [0.717, 1.165) is 22.6 Å². The molecule has 0 bridgehead atoms. The molecule has 0 fully saturated rings. The van der Waals surface area contributed by atoms with Crippen molar-refractivity contribution in [1.82, 2.24) is 9.78 Å². The topological polar surface area (TPSA) is 56.1 Å². The normalized spacial score (nSPS) is 18.9. The molecule has 1 amide bonds. The minimum atomic E-state index is -0.321. The number of halogens is 1. The zero-order valence-electron chi connectivity index (χ0n) is 15.8. The third-order valence-electron chi connectivity index (χ3n) is 4.81. The number of aromatic nitrogens is 2. The summed E-state index contributed by atoms with van der Waals surface area (Å²) in [4.78, 5) is 12.7. The Kier molecular flexibility index (Phi) is 4.85. The van der Waals surface area contributed by atoms with Crippen molar-refractivity contribution in [3.63, 3.8) is 0 Å². The van der Waals surface area contributed by atoms with Crippen molar-refractivity contribution < 1.29 is 13.9 Å². The smallest absolute Gasteiger partial charge is 0.238 e. The van der Waals surface area contributed by atoms with E-state index < -0.39 is 0 Å². The highest BCUT2D eigenvalue weighted by Gasteiger charge is 2.35. The summed E-state index contributed by atoms with van der Waals surface area (Å²) in [5.41, 5.74) is 3.40. The van der Waals surface area contributed by atoms with Crippen LogP contribution in [0.5, 0.6) is 5.75 Å². The maximum atomic E-state index is 13.4. The first-order valence-electron chi connectivity index (χ1n) is 8.94. The Morgan fingerprint density at radius 3 is 2.61 bits per heavy atom. The minimum Gasteiger partial charge on any atom is -0.496 e. The van der Waals surface area contributed by atoms with E-state index in [1.165, 1.54) is 12.1 Å².